The molecule has 2 N–H and O–H groups in total. The van der Waals surface area contributed by atoms with E-state index in [1.54, 1.807) is 0 Å². The van der Waals surface area contributed by atoms with E-state index in [1.165, 1.54) is 17.5 Å². The lowest BCUT2D eigenvalue weighted by atomic mass is 9.70. The molecule has 0 heterocycles. The fourth-order valence-corrected chi connectivity index (χ4v) is 3.69. The van der Waals surface area contributed by atoms with Crippen LogP contribution in [0.1, 0.15) is 64.1 Å². The number of hydrogen-bond acceptors (Lipinski definition) is 2. The highest BCUT2D eigenvalue weighted by molar-refractivity contribution is 5.34. The molecular weight excluding hydrogens is 258 g/mol. The van der Waals surface area contributed by atoms with Crippen molar-refractivity contribution in [2.75, 3.05) is 6.54 Å². The summed E-state index contributed by atoms with van der Waals surface area (Å²) in [5.41, 5.74) is 3.12. The van der Waals surface area contributed by atoms with Crippen molar-refractivity contribution in [3.05, 3.63) is 35.4 Å². The SMILES string of the molecule is CCC(CC)C(O)CNC1c2ccccc2CCC1(C)C. The Labute approximate surface area is 130 Å². The maximum Gasteiger partial charge on any atom is 0.0692 e. The zero-order valence-corrected chi connectivity index (χ0v) is 14.0. The van der Waals surface area contributed by atoms with Gasteiger partial charge in [-0.1, -0.05) is 64.8 Å². The third-order valence-corrected chi connectivity index (χ3v) is 5.31. The average Bonchev–Trinajstić information content (AvgIpc) is 2.47. The number of hydrogen-bond donors (Lipinski definition) is 2. The topological polar surface area (TPSA) is 32.3 Å². The molecule has 118 valence electrons. The summed E-state index contributed by atoms with van der Waals surface area (Å²) in [5, 5.41) is 14.1. The van der Waals surface area contributed by atoms with Gasteiger partial charge < -0.3 is 10.4 Å². The molecular formula is C19H31NO. The summed E-state index contributed by atoms with van der Waals surface area (Å²) in [6, 6.07) is 9.10. The van der Waals surface area contributed by atoms with Crippen LogP contribution in [-0.4, -0.2) is 17.8 Å². The minimum atomic E-state index is -0.245. The predicted molar refractivity (Wildman–Crippen MR) is 89.4 cm³/mol. The maximum atomic E-state index is 10.4. The molecule has 2 nitrogen and oxygen atoms in total. The number of benzene rings is 1. The molecule has 1 aromatic rings. The lowest BCUT2D eigenvalue weighted by Gasteiger charge is -2.41. The van der Waals surface area contributed by atoms with Crippen LogP contribution in [0.4, 0.5) is 0 Å². The van der Waals surface area contributed by atoms with Gasteiger partial charge in [0.15, 0.2) is 0 Å². The third-order valence-electron chi connectivity index (χ3n) is 5.31. The van der Waals surface area contributed by atoms with Crippen LogP contribution in [0, 0.1) is 11.3 Å². The zero-order valence-electron chi connectivity index (χ0n) is 14.0. The first-order valence-electron chi connectivity index (χ1n) is 8.48. The van der Waals surface area contributed by atoms with Gasteiger partial charge in [0, 0.05) is 12.6 Å². The molecule has 0 spiro atoms. The van der Waals surface area contributed by atoms with E-state index >= 15 is 0 Å². The van der Waals surface area contributed by atoms with Gasteiger partial charge in [0.25, 0.3) is 0 Å². The molecule has 21 heavy (non-hydrogen) atoms. The highest BCUT2D eigenvalue weighted by Crippen LogP contribution is 2.43. The van der Waals surface area contributed by atoms with Gasteiger partial charge in [-0.2, -0.15) is 0 Å². The number of aliphatic hydroxyl groups is 1. The summed E-state index contributed by atoms with van der Waals surface area (Å²) in [4.78, 5) is 0. The average molecular weight is 289 g/mol. The lowest BCUT2D eigenvalue weighted by Crippen LogP contribution is -2.42. The van der Waals surface area contributed by atoms with E-state index in [2.05, 4.69) is 57.3 Å². The van der Waals surface area contributed by atoms with Crippen LogP contribution in [0.25, 0.3) is 0 Å². The Morgan fingerprint density at radius 2 is 1.90 bits per heavy atom. The third kappa shape index (κ3) is 3.67. The van der Waals surface area contributed by atoms with Crippen molar-refractivity contribution >= 4 is 0 Å². The quantitative estimate of drug-likeness (QED) is 0.827. The molecule has 0 bridgehead atoms. The number of fused-ring (bicyclic) bond motifs is 1. The summed E-state index contributed by atoms with van der Waals surface area (Å²) in [6.45, 7) is 9.69. The fourth-order valence-electron chi connectivity index (χ4n) is 3.69. The van der Waals surface area contributed by atoms with Crippen LogP contribution < -0.4 is 5.32 Å². The van der Waals surface area contributed by atoms with Crippen molar-refractivity contribution in [3.8, 4) is 0 Å². The van der Waals surface area contributed by atoms with Crippen LogP contribution in [0.2, 0.25) is 0 Å². The Morgan fingerprint density at radius 1 is 1.24 bits per heavy atom. The van der Waals surface area contributed by atoms with Crippen molar-refractivity contribution in [3.63, 3.8) is 0 Å². The Balaban J connectivity index is 2.10. The minimum Gasteiger partial charge on any atom is -0.392 e. The molecule has 2 atom stereocenters. The Morgan fingerprint density at radius 3 is 2.57 bits per heavy atom. The standard InChI is InChI=1S/C19H31NO/c1-5-14(6-2)17(21)13-20-18-16-10-8-7-9-15(16)11-12-19(18,3)4/h7-10,14,17-18,20-21H,5-6,11-13H2,1-4H3. The van der Waals surface area contributed by atoms with E-state index in [4.69, 9.17) is 0 Å². The summed E-state index contributed by atoms with van der Waals surface area (Å²) in [5.74, 6) is 0.402. The summed E-state index contributed by atoms with van der Waals surface area (Å²) < 4.78 is 0. The van der Waals surface area contributed by atoms with Gasteiger partial charge >= 0.3 is 0 Å². The molecule has 1 aliphatic carbocycles. The van der Waals surface area contributed by atoms with E-state index in [0.29, 0.717) is 18.5 Å². The monoisotopic (exact) mass is 289 g/mol. The molecule has 0 amide bonds. The number of nitrogens with one attached hydrogen (secondary N) is 1. The van der Waals surface area contributed by atoms with Crippen LogP contribution in [0.15, 0.2) is 24.3 Å². The molecule has 0 aliphatic heterocycles. The highest BCUT2D eigenvalue weighted by Gasteiger charge is 2.35. The van der Waals surface area contributed by atoms with Crippen LogP contribution in [-0.2, 0) is 6.42 Å². The van der Waals surface area contributed by atoms with Gasteiger partial charge in [-0.15, -0.1) is 0 Å². The summed E-state index contributed by atoms with van der Waals surface area (Å²) in [6.07, 6.45) is 4.21. The molecule has 2 rings (SSSR count). The molecule has 2 heteroatoms. The van der Waals surface area contributed by atoms with Gasteiger partial charge in [0.05, 0.1) is 6.10 Å². The largest absolute Gasteiger partial charge is 0.392 e. The van der Waals surface area contributed by atoms with E-state index in [1.807, 2.05) is 0 Å². The molecule has 0 saturated heterocycles. The summed E-state index contributed by atoms with van der Waals surface area (Å²) in [7, 11) is 0. The van der Waals surface area contributed by atoms with Crippen molar-refractivity contribution in [1.29, 1.82) is 0 Å². The predicted octanol–water partition coefficient (Wildman–Crippen LogP) is 4.09. The molecule has 0 fully saturated rings. The second kappa shape index (κ2) is 6.93. The van der Waals surface area contributed by atoms with E-state index in [0.717, 1.165) is 19.3 Å². The number of aryl methyl sites for hydroxylation is 1. The Kier molecular flexibility index (Phi) is 5.45. The normalized spacial score (nSPS) is 22.1. The van der Waals surface area contributed by atoms with Crippen LogP contribution in [0.5, 0.6) is 0 Å². The minimum absolute atomic E-state index is 0.238. The highest BCUT2D eigenvalue weighted by atomic mass is 16.3. The van der Waals surface area contributed by atoms with Crippen molar-refractivity contribution in [1.82, 2.24) is 5.32 Å². The van der Waals surface area contributed by atoms with E-state index in [-0.39, 0.29) is 11.5 Å². The first-order chi connectivity index (χ1) is 9.99. The van der Waals surface area contributed by atoms with Crippen molar-refractivity contribution in [2.24, 2.45) is 11.3 Å². The smallest absolute Gasteiger partial charge is 0.0692 e. The number of rotatable bonds is 6. The zero-order chi connectivity index (χ0) is 15.5. The van der Waals surface area contributed by atoms with Gasteiger partial charge in [-0.3, -0.25) is 0 Å². The molecule has 2 unspecified atom stereocenters. The molecule has 0 radical (unpaired) electrons. The molecule has 0 aromatic heterocycles. The first kappa shape index (κ1) is 16.5. The maximum absolute atomic E-state index is 10.4. The fraction of sp³-hybridized carbons (Fsp3) is 0.684. The van der Waals surface area contributed by atoms with E-state index in [9.17, 15) is 5.11 Å². The molecule has 1 aromatic carbocycles. The van der Waals surface area contributed by atoms with Crippen molar-refractivity contribution < 1.29 is 5.11 Å². The Bertz CT molecular complexity index is 451. The van der Waals surface area contributed by atoms with E-state index < -0.39 is 0 Å². The van der Waals surface area contributed by atoms with Crippen molar-refractivity contribution in [2.45, 2.75) is 65.5 Å². The van der Waals surface area contributed by atoms with Crippen LogP contribution in [0.3, 0.4) is 0 Å². The van der Waals surface area contributed by atoms with Gasteiger partial charge in [0.2, 0.25) is 0 Å². The second-order valence-electron chi connectivity index (χ2n) is 7.17. The lowest BCUT2D eigenvalue weighted by molar-refractivity contribution is 0.0873. The number of aliphatic hydroxyl groups excluding tert-OH is 1. The van der Waals surface area contributed by atoms with Gasteiger partial charge in [0.1, 0.15) is 0 Å². The van der Waals surface area contributed by atoms with Crippen LogP contribution >= 0.6 is 0 Å². The molecule has 0 saturated carbocycles. The molecule has 1 aliphatic rings. The van der Waals surface area contributed by atoms with Gasteiger partial charge in [-0.25, -0.2) is 0 Å². The second-order valence-corrected chi connectivity index (χ2v) is 7.17. The summed E-state index contributed by atoms with van der Waals surface area (Å²) >= 11 is 0. The van der Waals surface area contributed by atoms with Gasteiger partial charge in [-0.05, 0) is 35.3 Å². The Hall–Kier alpha value is -0.860. The first-order valence-corrected chi connectivity index (χ1v) is 8.48.